The summed E-state index contributed by atoms with van der Waals surface area (Å²) in [7, 11) is 0. The standard InChI is InChI=1S/C23H30N2O/c1-4-24-22(26)23(15-9-10-16-25-17(2)3)20-13-7-5-11-18(20)19-12-6-8-14-21(19)23/h5-8,11-14,17,25H,4,9-10,15-16H2,1-3H3,(H,24,26). The normalized spacial score (nSPS) is 14.2. The zero-order chi connectivity index (χ0) is 18.6. The number of rotatable bonds is 8. The second-order valence-electron chi connectivity index (χ2n) is 7.42. The van der Waals surface area contributed by atoms with Crippen molar-refractivity contribution in [2.24, 2.45) is 0 Å². The number of benzene rings is 2. The van der Waals surface area contributed by atoms with Gasteiger partial charge in [-0.1, -0.05) is 68.8 Å². The summed E-state index contributed by atoms with van der Waals surface area (Å²) in [5.41, 5.74) is 4.15. The molecule has 26 heavy (non-hydrogen) atoms. The second kappa shape index (κ2) is 8.05. The fourth-order valence-electron chi connectivity index (χ4n) is 4.17. The smallest absolute Gasteiger partial charge is 0.235 e. The van der Waals surface area contributed by atoms with Gasteiger partial charge in [0.15, 0.2) is 0 Å². The molecule has 0 radical (unpaired) electrons. The number of carbonyl (C=O) groups is 1. The van der Waals surface area contributed by atoms with E-state index in [1.165, 1.54) is 11.1 Å². The summed E-state index contributed by atoms with van der Waals surface area (Å²) >= 11 is 0. The van der Waals surface area contributed by atoms with Crippen LogP contribution < -0.4 is 10.6 Å². The summed E-state index contributed by atoms with van der Waals surface area (Å²) in [6.45, 7) is 7.97. The van der Waals surface area contributed by atoms with Crippen molar-refractivity contribution in [1.82, 2.24) is 10.6 Å². The van der Waals surface area contributed by atoms with Gasteiger partial charge in [0.1, 0.15) is 5.41 Å². The first-order chi connectivity index (χ1) is 12.6. The Labute approximate surface area is 157 Å². The van der Waals surface area contributed by atoms with Gasteiger partial charge in [0, 0.05) is 12.6 Å². The van der Waals surface area contributed by atoms with Crippen molar-refractivity contribution < 1.29 is 4.79 Å². The third kappa shape index (κ3) is 3.28. The van der Waals surface area contributed by atoms with Crippen molar-refractivity contribution >= 4 is 5.91 Å². The van der Waals surface area contributed by atoms with Crippen LogP contribution in [0.25, 0.3) is 11.1 Å². The Morgan fingerprint density at radius 1 is 0.962 bits per heavy atom. The summed E-state index contributed by atoms with van der Waals surface area (Å²) in [5.74, 6) is 0.134. The van der Waals surface area contributed by atoms with Crippen LogP contribution in [0.2, 0.25) is 0 Å². The van der Waals surface area contributed by atoms with Crippen molar-refractivity contribution in [2.45, 2.75) is 51.5 Å². The van der Waals surface area contributed by atoms with E-state index in [0.29, 0.717) is 12.6 Å². The molecule has 0 unspecified atom stereocenters. The maximum atomic E-state index is 13.3. The van der Waals surface area contributed by atoms with E-state index in [1.807, 2.05) is 6.92 Å². The lowest BCUT2D eigenvalue weighted by atomic mass is 9.73. The average molecular weight is 351 g/mol. The summed E-state index contributed by atoms with van der Waals surface area (Å²) in [5, 5.41) is 6.59. The predicted octanol–water partition coefficient (Wildman–Crippen LogP) is 4.26. The van der Waals surface area contributed by atoms with Gasteiger partial charge in [0.05, 0.1) is 0 Å². The van der Waals surface area contributed by atoms with Crippen LogP contribution in [0.1, 0.15) is 51.2 Å². The molecule has 3 nitrogen and oxygen atoms in total. The molecule has 1 aliphatic rings. The minimum Gasteiger partial charge on any atom is -0.355 e. The molecule has 0 aromatic heterocycles. The molecule has 3 heteroatoms. The first-order valence-corrected chi connectivity index (χ1v) is 9.82. The highest BCUT2D eigenvalue weighted by atomic mass is 16.2. The van der Waals surface area contributed by atoms with E-state index in [-0.39, 0.29) is 5.91 Å². The number of hydrogen-bond donors (Lipinski definition) is 2. The molecular formula is C23H30N2O. The van der Waals surface area contributed by atoms with Gasteiger partial charge in [-0.25, -0.2) is 0 Å². The quantitative estimate of drug-likeness (QED) is 0.699. The highest BCUT2D eigenvalue weighted by molar-refractivity contribution is 6.00. The maximum absolute atomic E-state index is 13.3. The van der Waals surface area contributed by atoms with E-state index in [4.69, 9.17) is 0 Å². The Bertz CT molecular complexity index is 721. The number of unbranched alkanes of at least 4 members (excludes halogenated alkanes) is 1. The molecule has 0 atom stereocenters. The van der Waals surface area contributed by atoms with E-state index < -0.39 is 5.41 Å². The molecule has 0 heterocycles. The Hall–Kier alpha value is -2.13. The summed E-state index contributed by atoms with van der Waals surface area (Å²) in [4.78, 5) is 13.3. The van der Waals surface area contributed by atoms with E-state index in [1.54, 1.807) is 0 Å². The number of nitrogens with one attached hydrogen (secondary N) is 2. The molecule has 0 saturated heterocycles. The molecule has 0 fully saturated rings. The Balaban J connectivity index is 1.97. The largest absolute Gasteiger partial charge is 0.355 e. The molecule has 2 aromatic rings. The number of hydrogen-bond acceptors (Lipinski definition) is 2. The van der Waals surface area contributed by atoms with E-state index >= 15 is 0 Å². The molecule has 138 valence electrons. The minimum absolute atomic E-state index is 0.134. The minimum atomic E-state index is -0.568. The van der Waals surface area contributed by atoms with Crippen molar-refractivity contribution in [1.29, 1.82) is 0 Å². The molecule has 2 N–H and O–H groups in total. The van der Waals surface area contributed by atoms with Crippen LogP contribution in [-0.4, -0.2) is 25.0 Å². The third-order valence-electron chi connectivity index (χ3n) is 5.32. The van der Waals surface area contributed by atoms with Crippen LogP contribution in [0.3, 0.4) is 0 Å². The van der Waals surface area contributed by atoms with Gasteiger partial charge in [-0.15, -0.1) is 0 Å². The summed E-state index contributed by atoms with van der Waals surface area (Å²) in [6, 6.07) is 17.3. The molecule has 2 aromatic carbocycles. The van der Waals surface area contributed by atoms with Crippen molar-refractivity contribution in [3.8, 4) is 11.1 Å². The molecule has 1 amide bonds. The van der Waals surface area contributed by atoms with Crippen molar-refractivity contribution in [3.05, 3.63) is 59.7 Å². The van der Waals surface area contributed by atoms with Gasteiger partial charge >= 0.3 is 0 Å². The molecule has 0 aliphatic heterocycles. The van der Waals surface area contributed by atoms with Gasteiger partial charge in [0.2, 0.25) is 5.91 Å². The summed E-state index contributed by atoms with van der Waals surface area (Å²) in [6.07, 6.45) is 2.93. The molecule has 0 bridgehead atoms. The summed E-state index contributed by atoms with van der Waals surface area (Å²) < 4.78 is 0. The number of likely N-dealkylation sites (N-methyl/N-ethyl adjacent to an activating group) is 1. The highest BCUT2D eigenvalue weighted by Gasteiger charge is 2.48. The van der Waals surface area contributed by atoms with Crippen LogP contribution in [0, 0.1) is 0 Å². The Morgan fingerprint density at radius 3 is 2.08 bits per heavy atom. The van der Waals surface area contributed by atoms with E-state index in [2.05, 4.69) is 73.0 Å². The lowest BCUT2D eigenvalue weighted by molar-refractivity contribution is -0.125. The first kappa shape index (κ1) is 18.7. The molecule has 1 aliphatic carbocycles. The van der Waals surface area contributed by atoms with Gasteiger partial charge < -0.3 is 10.6 Å². The van der Waals surface area contributed by atoms with E-state index in [9.17, 15) is 4.79 Å². The lowest BCUT2D eigenvalue weighted by Gasteiger charge is -2.31. The van der Waals surface area contributed by atoms with E-state index in [0.717, 1.165) is 36.9 Å². The topological polar surface area (TPSA) is 41.1 Å². The molecule has 0 saturated carbocycles. The molecule has 3 rings (SSSR count). The third-order valence-corrected chi connectivity index (χ3v) is 5.32. The van der Waals surface area contributed by atoms with Gasteiger partial charge in [-0.3, -0.25) is 4.79 Å². The maximum Gasteiger partial charge on any atom is 0.235 e. The predicted molar refractivity (Wildman–Crippen MR) is 108 cm³/mol. The van der Waals surface area contributed by atoms with Gasteiger partial charge in [0.25, 0.3) is 0 Å². The SMILES string of the molecule is CCNC(=O)C1(CCCCNC(C)C)c2ccccc2-c2ccccc21. The van der Waals surface area contributed by atoms with Crippen molar-refractivity contribution in [3.63, 3.8) is 0 Å². The van der Waals surface area contributed by atoms with Crippen LogP contribution in [0.15, 0.2) is 48.5 Å². The average Bonchev–Trinajstić information content (AvgIpc) is 2.93. The zero-order valence-electron chi connectivity index (χ0n) is 16.1. The Morgan fingerprint density at radius 2 is 1.54 bits per heavy atom. The highest BCUT2D eigenvalue weighted by Crippen LogP contribution is 2.51. The second-order valence-corrected chi connectivity index (χ2v) is 7.42. The number of amides is 1. The van der Waals surface area contributed by atoms with Gasteiger partial charge in [-0.2, -0.15) is 0 Å². The fraction of sp³-hybridized carbons (Fsp3) is 0.435. The van der Waals surface area contributed by atoms with Crippen LogP contribution in [0.4, 0.5) is 0 Å². The Kier molecular flexibility index (Phi) is 5.77. The first-order valence-electron chi connectivity index (χ1n) is 9.82. The lowest BCUT2D eigenvalue weighted by Crippen LogP contribution is -2.44. The zero-order valence-corrected chi connectivity index (χ0v) is 16.1. The number of fused-ring (bicyclic) bond motifs is 3. The van der Waals surface area contributed by atoms with Crippen molar-refractivity contribution in [2.75, 3.05) is 13.1 Å². The molecule has 0 spiro atoms. The molecular weight excluding hydrogens is 320 g/mol. The monoisotopic (exact) mass is 350 g/mol. The van der Waals surface area contributed by atoms with Crippen LogP contribution >= 0.6 is 0 Å². The fourth-order valence-corrected chi connectivity index (χ4v) is 4.17. The number of carbonyl (C=O) groups excluding carboxylic acids is 1. The van der Waals surface area contributed by atoms with Gasteiger partial charge in [-0.05, 0) is 48.6 Å². The van der Waals surface area contributed by atoms with Crippen LogP contribution in [0.5, 0.6) is 0 Å². The van der Waals surface area contributed by atoms with Crippen LogP contribution in [-0.2, 0) is 10.2 Å².